The van der Waals surface area contributed by atoms with Crippen LogP contribution >= 0.6 is 0 Å². The lowest BCUT2D eigenvalue weighted by atomic mass is 9.62. The topological polar surface area (TPSA) is 64.7 Å². The number of halogens is 2. The van der Waals surface area contributed by atoms with Gasteiger partial charge in [0.2, 0.25) is 11.8 Å². The van der Waals surface area contributed by atoms with E-state index in [2.05, 4.69) is 48.1 Å². The molecule has 0 unspecified atom stereocenters. The molecule has 158 valence electrons. The molecule has 0 aliphatic heterocycles. The Labute approximate surface area is 174 Å². The Morgan fingerprint density at radius 1 is 1.10 bits per heavy atom. The van der Waals surface area contributed by atoms with Gasteiger partial charge in [-0.2, -0.15) is 10.2 Å². The van der Waals surface area contributed by atoms with Crippen LogP contribution in [0.15, 0.2) is 28.7 Å². The van der Waals surface area contributed by atoms with E-state index in [0.717, 1.165) is 24.1 Å². The second-order valence-electron chi connectivity index (χ2n) is 9.54. The number of benzene rings is 1. The van der Waals surface area contributed by atoms with Crippen molar-refractivity contribution in [3.8, 4) is 11.3 Å². The summed E-state index contributed by atoms with van der Waals surface area (Å²) in [6.07, 6.45) is 2.34. The van der Waals surface area contributed by atoms with Crippen molar-refractivity contribution >= 4 is 0 Å². The predicted octanol–water partition coefficient (Wildman–Crippen LogP) is 5.54. The van der Waals surface area contributed by atoms with Crippen LogP contribution in [0.5, 0.6) is 0 Å². The van der Waals surface area contributed by atoms with E-state index in [-0.39, 0.29) is 28.0 Å². The van der Waals surface area contributed by atoms with E-state index >= 15 is 0 Å². The van der Waals surface area contributed by atoms with Crippen LogP contribution in [0.1, 0.15) is 69.5 Å². The summed E-state index contributed by atoms with van der Waals surface area (Å²) in [7, 11) is 0. The van der Waals surface area contributed by atoms with Crippen LogP contribution < -0.4 is 0 Å². The van der Waals surface area contributed by atoms with E-state index in [0.29, 0.717) is 18.2 Å². The number of fused-ring (bicyclic) bond motifs is 1. The average Bonchev–Trinajstić information content (AvgIpc) is 3.05. The first-order valence-corrected chi connectivity index (χ1v) is 10.2. The molecule has 0 saturated heterocycles. The van der Waals surface area contributed by atoms with Gasteiger partial charge >= 0.3 is 0 Å². The Morgan fingerprint density at radius 3 is 2.40 bits per heavy atom. The molecule has 0 saturated carbocycles. The van der Waals surface area contributed by atoms with Crippen molar-refractivity contribution in [2.75, 3.05) is 0 Å². The lowest BCUT2D eigenvalue weighted by Gasteiger charge is -2.42. The Hall–Kier alpha value is -2.70. The minimum atomic E-state index is -0.642. The first-order valence-electron chi connectivity index (χ1n) is 10.2. The lowest BCUT2D eigenvalue weighted by Crippen LogP contribution is -2.36. The molecular formula is C23H26F2N4O. The van der Waals surface area contributed by atoms with Crippen LogP contribution in [0.2, 0.25) is 0 Å². The molecule has 1 aliphatic rings. The van der Waals surface area contributed by atoms with Crippen molar-refractivity contribution in [2.45, 2.75) is 65.2 Å². The molecule has 0 N–H and O–H groups in total. The van der Waals surface area contributed by atoms with Gasteiger partial charge < -0.3 is 4.42 Å². The summed E-state index contributed by atoms with van der Waals surface area (Å²) in [5.74, 6) is -0.0168. The second kappa shape index (κ2) is 7.22. The minimum Gasteiger partial charge on any atom is -0.426 e. The fraction of sp³-hybridized carbons (Fsp3) is 0.478. The van der Waals surface area contributed by atoms with Gasteiger partial charge in [0, 0.05) is 18.8 Å². The quantitative estimate of drug-likeness (QED) is 0.565. The molecule has 30 heavy (non-hydrogen) atoms. The standard InChI is InChI=1S/C23H26F2N4O/c1-13-26-28-19(30-13)12-23(5)10-9-15(22(2,3)4)14-11-18(27-29-21(14)23)20-16(24)7-6-8-17(20)25/h6-8,11,15H,9-10,12H2,1-5H3/t15-,23+/m0/s1. The van der Waals surface area contributed by atoms with Crippen molar-refractivity contribution in [1.82, 2.24) is 20.4 Å². The van der Waals surface area contributed by atoms with Gasteiger partial charge in [-0.1, -0.05) is 33.8 Å². The molecule has 0 bridgehead atoms. The normalized spacial score (nSPS) is 21.5. The van der Waals surface area contributed by atoms with Gasteiger partial charge in [-0.25, -0.2) is 8.78 Å². The highest BCUT2D eigenvalue weighted by Crippen LogP contribution is 2.50. The maximum absolute atomic E-state index is 14.4. The van der Waals surface area contributed by atoms with Crippen LogP contribution in [-0.4, -0.2) is 20.4 Å². The molecular weight excluding hydrogens is 386 g/mol. The first kappa shape index (κ1) is 20.6. The van der Waals surface area contributed by atoms with Crippen molar-refractivity contribution in [3.05, 3.63) is 58.9 Å². The fourth-order valence-electron chi connectivity index (χ4n) is 4.56. The monoisotopic (exact) mass is 412 g/mol. The first-order chi connectivity index (χ1) is 14.1. The van der Waals surface area contributed by atoms with Gasteiger partial charge in [-0.15, -0.1) is 10.2 Å². The van der Waals surface area contributed by atoms with Crippen molar-refractivity contribution in [2.24, 2.45) is 5.41 Å². The van der Waals surface area contributed by atoms with Gasteiger partial charge in [0.05, 0.1) is 17.0 Å². The fourth-order valence-corrected chi connectivity index (χ4v) is 4.56. The van der Waals surface area contributed by atoms with Gasteiger partial charge in [0.15, 0.2) is 0 Å². The van der Waals surface area contributed by atoms with E-state index in [9.17, 15) is 8.78 Å². The van der Waals surface area contributed by atoms with Crippen LogP contribution in [-0.2, 0) is 11.8 Å². The molecule has 0 fully saturated rings. The Bertz CT molecular complexity index is 1070. The highest BCUT2D eigenvalue weighted by atomic mass is 19.1. The average molecular weight is 412 g/mol. The summed E-state index contributed by atoms with van der Waals surface area (Å²) in [6.45, 7) is 10.4. The molecule has 7 heteroatoms. The number of nitrogens with zero attached hydrogens (tertiary/aromatic N) is 4. The van der Waals surface area contributed by atoms with Crippen LogP contribution in [0.25, 0.3) is 11.3 Å². The molecule has 1 aromatic carbocycles. The summed E-state index contributed by atoms with van der Waals surface area (Å²) in [5, 5.41) is 16.9. The number of aryl methyl sites for hydroxylation is 1. The highest BCUT2D eigenvalue weighted by molar-refractivity contribution is 5.62. The molecule has 5 nitrogen and oxygen atoms in total. The molecule has 0 amide bonds. The summed E-state index contributed by atoms with van der Waals surface area (Å²) < 4.78 is 34.4. The van der Waals surface area contributed by atoms with E-state index in [1.54, 1.807) is 6.92 Å². The molecule has 2 aromatic heterocycles. The summed E-state index contributed by atoms with van der Waals surface area (Å²) >= 11 is 0. The lowest BCUT2D eigenvalue weighted by molar-refractivity contribution is 0.236. The van der Waals surface area contributed by atoms with E-state index < -0.39 is 11.6 Å². The Balaban J connectivity index is 1.85. The maximum Gasteiger partial charge on any atom is 0.217 e. The third-order valence-corrected chi connectivity index (χ3v) is 6.13. The second-order valence-corrected chi connectivity index (χ2v) is 9.54. The number of hydrogen-bond donors (Lipinski definition) is 0. The van der Waals surface area contributed by atoms with Gasteiger partial charge in [0.25, 0.3) is 0 Å². The summed E-state index contributed by atoms with van der Waals surface area (Å²) in [5.41, 5.74) is 1.52. The van der Waals surface area contributed by atoms with Crippen LogP contribution in [0, 0.1) is 24.0 Å². The molecule has 2 atom stereocenters. The third-order valence-electron chi connectivity index (χ3n) is 6.13. The highest BCUT2D eigenvalue weighted by Gasteiger charge is 2.43. The Kier molecular flexibility index (Phi) is 4.95. The van der Waals surface area contributed by atoms with E-state index in [1.165, 1.54) is 18.2 Å². The zero-order valence-corrected chi connectivity index (χ0v) is 18.0. The SMILES string of the molecule is Cc1nnc(C[C@@]2(C)CC[C@H](C(C)(C)C)c3cc(-c4c(F)cccc4F)nnc32)o1. The van der Waals surface area contributed by atoms with Crippen molar-refractivity contribution in [3.63, 3.8) is 0 Å². The molecule has 1 aliphatic carbocycles. The predicted molar refractivity (Wildman–Crippen MR) is 109 cm³/mol. The minimum absolute atomic E-state index is 0.0365. The molecule has 2 heterocycles. The van der Waals surface area contributed by atoms with Gasteiger partial charge in [-0.3, -0.25) is 0 Å². The van der Waals surface area contributed by atoms with Crippen LogP contribution in [0.3, 0.4) is 0 Å². The van der Waals surface area contributed by atoms with Crippen molar-refractivity contribution in [1.29, 1.82) is 0 Å². The molecule has 4 rings (SSSR count). The molecule has 3 aromatic rings. The number of hydrogen-bond acceptors (Lipinski definition) is 5. The smallest absolute Gasteiger partial charge is 0.217 e. The summed E-state index contributed by atoms with van der Waals surface area (Å²) in [4.78, 5) is 0. The van der Waals surface area contributed by atoms with Gasteiger partial charge in [0.1, 0.15) is 11.6 Å². The number of rotatable bonds is 3. The van der Waals surface area contributed by atoms with E-state index in [1.807, 2.05) is 6.07 Å². The van der Waals surface area contributed by atoms with Crippen LogP contribution in [0.4, 0.5) is 8.78 Å². The maximum atomic E-state index is 14.4. The van der Waals surface area contributed by atoms with E-state index in [4.69, 9.17) is 4.42 Å². The van der Waals surface area contributed by atoms with Crippen molar-refractivity contribution < 1.29 is 13.2 Å². The zero-order valence-electron chi connectivity index (χ0n) is 18.0. The van der Waals surface area contributed by atoms with Gasteiger partial charge in [-0.05, 0) is 47.9 Å². The largest absolute Gasteiger partial charge is 0.426 e. The summed E-state index contributed by atoms with van der Waals surface area (Å²) in [6, 6.07) is 5.64. The molecule has 0 spiro atoms. The Morgan fingerprint density at radius 2 is 1.80 bits per heavy atom. The zero-order chi connectivity index (χ0) is 21.7. The molecule has 0 radical (unpaired) electrons. The number of aromatic nitrogens is 4. The third kappa shape index (κ3) is 3.61.